The molecule has 1 aliphatic rings. The summed E-state index contributed by atoms with van der Waals surface area (Å²) in [6.45, 7) is 0. The monoisotopic (exact) mass is 535 g/mol. The van der Waals surface area contributed by atoms with Crippen molar-refractivity contribution < 1.29 is 22.7 Å². The number of ether oxygens (including phenoxy) is 1. The predicted molar refractivity (Wildman–Crippen MR) is 145 cm³/mol. The van der Waals surface area contributed by atoms with Gasteiger partial charge < -0.3 is 10.1 Å². The maximum Gasteiger partial charge on any atom is 0.241 e. The second-order valence-electron chi connectivity index (χ2n) is 8.47. The number of hydrogen-bond donors (Lipinski definition) is 2. The maximum atomic E-state index is 13.2. The second-order valence-corrected chi connectivity index (χ2v) is 10.6. The van der Waals surface area contributed by atoms with Crippen LogP contribution in [0.4, 0.5) is 22.7 Å². The number of anilines is 4. The standard InChI is InChI=1S/C27H22ClN3O5S/c1-36-24-14-19(11-12-22(24)30-37(34,35)16-18-7-3-5-9-21(18)28)31-23-13-10-17-6-2-4-8-20(17)27(23)29-25(32)15-26(31)33/h2-14,30H,15-16H2,1H3,(H,29,32). The lowest BCUT2D eigenvalue weighted by Gasteiger charge is -2.24. The van der Waals surface area contributed by atoms with Crippen LogP contribution in [-0.4, -0.2) is 27.3 Å². The number of amides is 2. The zero-order valence-corrected chi connectivity index (χ0v) is 21.3. The van der Waals surface area contributed by atoms with Crippen LogP contribution in [-0.2, 0) is 25.4 Å². The van der Waals surface area contributed by atoms with Gasteiger partial charge in [0.1, 0.15) is 12.2 Å². The normalized spacial score (nSPS) is 13.6. The van der Waals surface area contributed by atoms with E-state index in [0.717, 1.165) is 10.8 Å². The number of carbonyl (C=O) groups is 2. The number of halogens is 1. The van der Waals surface area contributed by atoms with E-state index in [4.69, 9.17) is 16.3 Å². The van der Waals surface area contributed by atoms with Crippen molar-refractivity contribution in [2.45, 2.75) is 12.2 Å². The minimum Gasteiger partial charge on any atom is -0.494 e. The van der Waals surface area contributed by atoms with E-state index in [1.54, 1.807) is 42.5 Å². The summed E-state index contributed by atoms with van der Waals surface area (Å²) in [6, 6.07) is 22.6. The summed E-state index contributed by atoms with van der Waals surface area (Å²) in [7, 11) is -2.42. The van der Waals surface area contributed by atoms with Gasteiger partial charge in [0, 0.05) is 16.5 Å². The van der Waals surface area contributed by atoms with Crippen molar-refractivity contribution in [1.82, 2.24) is 0 Å². The molecule has 2 N–H and O–H groups in total. The molecule has 5 rings (SSSR count). The lowest BCUT2D eigenvalue weighted by atomic mass is 10.1. The zero-order valence-electron chi connectivity index (χ0n) is 19.7. The van der Waals surface area contributed by atoms with Crippen LogP contribution in [0.25, 0.3) is 10.8 Å². The first-order valence-electron chi connectivity index (χ1n) is 11.3. The van der Waals surface area contributed by atoms with Crippen LogP contribution < -0.4 is 19.7 Å². The molecule has 188 valence electrons. The quantitative estimate of drug-likeness (QED) is 0.319. The Kier molecular flexibility index (Phi) is 6.49. The fraction of sp³-hybridized carbons (Fsp3) is 0.111. The van der Waals surface area contributed by atoms with Gasteiger partial charge in [-0.3, -0.25) is 19.2 Å². The van der Waals surface area contributed by atoms with Crippen molar-refractivity contribution in [1.29, 1.82) is 0 Å². The van der Waals surface area contributed by atoms with E-state index in [0.29, 0.717) is 27.6 Å². The van der Waals surface area contributed by atoms with E-state index in [-0.39, 0.29) is 23.6 Å². The van der Waals surface area contributed by atoms with Crippen LogP contribution in [0, 0.1) is 0 Å². The molecule has 1 heterocycles. The van der Waals surface area contributed by atoms with Crippen molar-refractivity contribution in [3.8, 4) is 5.75 Å². The van der Waals surface area contributed by atoms with E-state index in [2.05, 4.69) is 10.0 Å². The molecule has 0 spiro atoms. The summed E-state index contributed by atoms with van der Waals surface area (Å²) in [6.07, 6.45) is -0.350. The lowest BCUT2D eigenvalue weighted by molar-refractivity contribution is -0.124. The number of nitrogens with one attached hydrogen (secondary N) is 2. The van der Waals surface area contributed by atoms with Crippen LogP contribution in [0.1, 0.15) is 12.0 Å². The number of carbonyl (C=O) groups excluding carboxylic acids is 2. The molecule has 0 aromatic heterocycles. The smallest absolute Gasteiger partial charge is 0.241 e. The molecule has 10 heteroatoms. The number of sulfonamides is 1. The molecule has 0 radical (unpaired) electrons. The highest BCUT2D eigenvalue weighted by atomic mass is 35.5. The van der Waals surface area contributed by atoms with Gasteiger partial charge >= 0.3 is 0 Å². The van der Waals surface area contributed by atoms with Gasteiger partial charge in [0.15, 0.2) is 0 Å². The number of nitrogens with zero attached hydrogens (tertiary/aromatic N) is 1. The highest BCUT2D eigenvalue weighted by molar-refractivity contribution is 7.91. The minimum absolute atomic E-state index is 0.202. The Morgan fingerprint density at radius 3 is 2.54 bits per heavy atom. The van der Waals surface area contributed by atoms with Crippen LogP contribution >= 0.6 is 11.6 Å². The van der Waals surface area contributed by atoms with Crippen LogP contribution in [0.5, 0.6) is 5.75 Å². The fourth-order valence-corrected chi connectivity index (χ4v) is 5.84. The van der Waals surface area contributed by atoms with Gasteiger partial charge in [0.2, 0.25) is 21.8 Å². The number of benzene rings is 4. The van der Waals surface area contributed by atoms with Crippen LogP contribution in [0.15, 0.2) is 78.9 Å². The Balaban J connectivity index is 1.53. The van der Waals surface area contributed by atoms with Gasteiger partial charge in [-0.15, -0.1) is 0 Å². The molecule has 0 aliphatic carbocycles. The minimum atomic E-state index is -3.83. The highest BCUT2D eigenvalue weighted by Gasteiger charge is 2.29. The summed E-state index contributed by atoms with van der Waals surface area (Å²) in [5, 5.41) is 4.92. The third-order valence-corrected chi connectivity index (χ3v) is 7.58. The Hall–Kier alpha value is -4.08. The van der Waals surface area contributed by atoms with Crippen molar-refractivity contribution in [2.75, 3.05) is 22.0 Å². The fourth-order valence-electron chi connectivity index (χ4n) is 4.32. The average Bonchev–Trinajstić information content (AvgIpc) is 3.00. The Morgan fingerprint density at radius 2 is 1.76 bits per heavy atom. The summed E-state index contributed by atoms with van der Waals surface area (Å²) >= 11 is 6.13. The molecule has 4 aromatic rings. The Morgan fingerprint density at radius 1 is 1.00 bits per heavy atom. The lowest BCUT2D eigenvalue weighted by Crippen LogP contribution is -2.26. The number of rotatable bonds is 6. The summed E-state index contributed by atoms with van der Waals surface area (Å²) < 4.78 is 33.7. The molecule has 0 atom stereocenters. The Labute approximate surface area is 218 Å². The molecule has 4 aromatic carbocycles. The van der Waals surface area contributed by atoms with Crippen molar-refractivity contribution in [3.05, 3.63) is 89.4 Å². The number of methoxy groups -OCH3 is 1. The maximum absolute atomic E-state index is 13.2. The highest BCUT2D eigenvalue weighted by Crippen LogP contribution is 2.42. The first kappa shape index (κ1) is 24.6. The molecule has 1 aliphatic heterocycles. The Bertz CT molecular complexity index is 1660. The van der Waals surface area contributed by atoms with Gasteiger partial charge in [-0.1, -0.05) is 60.1 Å². The zero-order chi connectivity index (χ0) is 26.2. The van der Waals surface area contributed by atoms with Crippen molar-refractivity contribution in [2.24, 2.45) is 0 Å². The predicted octanol–water partition coefficient (Wildman–Crippen LogP) is 5.45. The van der Waals surface area contributed by atoms with Crippen LogP contribution in [0.3, 0.4) is 0 Å². The topological polar surface area (TPSA) is 105 Å². The van der Waals surface area contributed by atoms with Gasteiger partial charge in [0.05, 0.1) is 35.6 Å². The third-order valence-electron chi connectivity index (χ3n) is 5.99. The second kappa shape index (κ2) is 9.76. The van der Waals surface area contributed by atoms with Crippen molar-refractivity contribution >= 4 is 67.0 Å². The van der Waals surface area contributed by atoms with Gasteiger partial charge in [0.25, 0.3) is 0 Å². The average molecular weight is 536 g/mol. The van der Waals surface area contributed by atoms with Gasteiger partial charge in [-0.25, -0.2) is 8.42 Å². The first-order valence-corrected chi connectivity index (χ1v) is 13.4. The summed E-state index contributed by atoms with van der Waals surface area (Å²) in [5.74, 6) is -0.961. The van der Waals surface area contributed by atoms with Crippen molar-refractivity contribution in [3.63, 3.8) is 0 Å². The molecular weight excluding hydrogens is 514 g/mol. The van der Waals surface area contributed by atoms with Gasteiger partial charge in [-0.2, -0.15) is 0 Å². The van der Waals surface area contributed by atoms with Crippen LogP contribution in [0.2, 0.25) is 5.02 Å². The molecule has 8 nitrogen and oxygen atoms in total. The SMILES string of the molecule is COc1cc(N2C(=O)CC(=O)Nc3c2ccc2ccccc32)ccc1NS(=O)(=O)Cc1ccccc1Cl. The summed E-state index contributed by atoms with van der Waals surface area (Å²) in [4.78, 5) is 27.1. The first-order chi connectivity index (χ1) is 17.8. The molecule has 0 saturated heterocycles. The van der Waals surface area contributed by atoms with E-state index in [1.165, 1.54) is 18.1 Å². The molecule has 0 bridgehead atoms. The number of hydrogen-bond acceptors (Lipinski definition) is 5. The van der Waals surface area contributed by atoms with E-state index >= 15 is 0 Å². The summed E-state index contributed by atoms with van der Waals surface area (Å²) in [5.41, 5.74) is 2.11. The molecule has 37 heavy (non-hydrogen) atoms. The van der Waals surface area contributed by atoms with E-state index in [1.807, 2.05) is 30.3 Å². The third kappa shape index (κ3) is 4.96. The molecule has 0 fully saturated rings. The largest absolute Gasteiger partial charge is 0.494 e. The van der Waals surface area contributed by atoms with E-state index < -0.39 is 21.8 Å². The van der Waals surface area contributed by atoms with Gasteiger partial charge in [-0.05, 0) is 35.2 Å². The molecule has 2 amide bonds. The van der Waals surface area contributed by atoms with E-state index in [9.17, 15) is 18.0 Å². The molecular formula is C27H22ClN3O5S. The molecule has 0 unspecified atom stereocenters. The molecule has 0 saturated carbocycles. The number of fused-ring (bicyclic) bond motifs is 3.